The second-order valence-electron chi connectivity index (χ2n) is 3.43. The molecule has 4 heteroatoms. The topological polar surface area (TPSA) is 58.9 Å². The average Bonchev–Trinajstić information content (AvgIpc) is 2.17. The normalized spacial score (nSPS) is 40.6. The van der Waals surface area contributed by atoms with E-state index in [1.54, 1.807) is 7.11 Å². The maximum atomic E-state index is 9.54. The van der Waals surface area contributed by atoms with Gasteiger partial charge in [0.15, 0.2) is 6.29 Å². The monoisotopic (exact) mass is 190 g/mol. The molecule has 1 aliphatic heterocycles. The van der Waals surface area contributed by atoms with Gasteiger partial charge in [0.05, 0.1) is 12.7 Å². The van der Waals surface area contributed by atoms with Crippen molar-refractivity contribution < 1.29 is 19.7 Å². The highest BCUT2D eigenvalue weighted by atomic mass is 16.7. The van der Waals surface area contributed by atoms with Gasteiger partial charge in [0.2, 0.25) is 0 Å². The zero-order chi connectivity index (χ0) is 9.84. The van der Waals surface area contributed by atoms with E-state index in [4.69, 9.17) is 14.6 Å². The van der Waals surface area contributed by atoms with Crippen LogP contribution >= 0.6 is 0 Å². The first-order chi connectivity index (χ1) is 6.22. The van der Waals surface area contributed by atoms with E-state index in [9.17, 15) is 5.11 Å². The molecule has 0 aromatic heterocycles. The Morgan fingerprint density at radius 3 is 2.69 bits per heavy atom. The summed E-state index contributed by atoms with van der Waals surface area (Å²) in [5.41, 5.74) is 0. The molecule has 0 saturated carbocycles. The minimum Gasteiger partial charge on any atom is -0.394 e. The van der Waals surface area contributed by atoms with Crippen LogP contribution in [-0.4, -0.2) is 42.4 Å². The Labute approximate surface area is 78.5 Å². The first-order valence-corrected chi connectivity index (χ1v) is 4.70. The quantitative estimate of drug-likeness (QED) is 0.664. The molecule has 1 fully saturated rings. The van der Waals surface area contributed by atoms with Gasteiger partial charge in [-0.15, -0.1) is 0 Å². The van der Waals surface area contributed by atoms with E-state index in [1.165, 1.54) is 0 Å². The first kappa shape index (κ1) is 10.9. The summed E-state index contributed by atoms with van der Waals surface area (Å²) in [6, 6.07) is 0. The Hall–Kier alpha value is -0.160. The van der Waals surface area contributed by atoms with Crippen LogP contribution < -0.4 is 0 Å². The smallest absolute Gasteiger partial charge is 0.160 e. The lowest BCUT2D eigenvalue weighted by molar-refractivity contribution is -0.246. The molecular weight excluding hydrogens is 172 g/mol. The van der Waals surface area contributed by atoms with Crippen LogP contribution in [0.25, 0.3) is 0 Å². The van der Waals surface area contributed by atoms with Gasteiger partial charge in [-0.2, -0.15) is 0 Å². The van der Waals surface area contributed by atoms with Gasteiger partial charge in [-0.1, -0.05) is 6.92 Å². The van der Waals surface area contributed by atoms with Gasteiger partial charge in [-0.25, -0.2) is 0 Å². The van der Waals surface area contributed by atoms with Crippen LogP contribution in [0.5, 0.6) is 0 Å². The molecule has 0 bridgehead atoms. The molecule has 1 aliphatic rings. The van der Waals surface area contributed by atoms with E-state index < -0.39 is 12.2 Å². The van der Waals surface area contributed by atoms with Crippen LogP contribution in [0.2, 0.25) is 0 Å². The van der Waals surface area contributed by atoms with Gasteiger partial charge in [-0.05, 0) is 12.8 Å². The predicted molar refractivity (Wildman–Crippen MR) is 47.2 cm³/mol. The lowest BCUT2D eigenvalue weighted by Gasteiger charge is -2.37. The number of ether oxygens (including phenoxy) is 2. The van der Waals surface area contributed by atoms with Gasteiger partial charge in [0.1, 0.15) is 6.10 Å². The summed E-state index contributed by atoms with van der Waals surface area (Å²) < 4.78 is 10.5. The highest BCUT2D eigenvalue weighted by Crippen LogP contribution is 2.27. The standard InChI is InChI=1S/C9H18O4/c1-3-6-4-7(11)8(5-10)13-9(6)12-2/h6-11H,3-5H2,1-2H3/t6-,7-,8-,9-/m1/s1. The van der Waals surface area contributed by atoms with E-state index in [0.717, 1.165) is 6.42 Å². The fourth-order valence-electron chi connectivity index (χ4n) is 1.72. The van der Waals surface area contributed by atoms with Crippen LogP contribution in [-0.2, 0) is 9.47 Å². The van der Waals surface area contributed by atoms with E-state index in [-0.39, 0.29) is 18.8 Å². The van der Waals surface area contributed by atoms with Crippen molar-refractivity contribution in [3.63, 3.8) is 0 Å². The van der Waals surface area contributed by atoms with Crippen LogP contribution in [0, 0.1) is 5.92 Å². The van der Waals surface area contributed by atoms with Crippen LogP contribution in [0.3, 0.4) is 0 Å². The molecular formula is C9H18O4. The number of aliphatic hydroxyl groups excluding tert-OH is 2. The van der Waals surface area contributed by atoms with Crippen LogP contribution in [0.1, 0.15) is 19.8 Å². The molecule has 0 radical (unpaired) electrons. The maximum absolute atomic E-state index is 9.54. The highest BCUT2D eigenvalue weighted by Gasteiger charge is 2.35. The van der Waals surface area contributed by atoms with Crippen molar-refractivity contribution in [3.8, 4) is 0 Å². The number of rotatable bonds is 3. The summed E-state index contributed by atoms with van der Waals surface area (Å²) in [6.45, 7) is 1.88. The van der Waals surface area contributed by atoms with Crippen molar-refractivity contribution in [1.29, 1.82) is 0 Å². The Morgan fingerprint density at radius 1 is 1.54 bits per heavy atom. The zero-order valence-electron chi connectivity index (χ0n) is 8.14. The largest absolute Gasteiger partial charge is 0.394 e. The first-order valence-electron chi connectivity index (χ1n) is 4.70. The molecule has 4 nitrogen and oxygen atoms in total. The summed E-state index contributed by atoms with van der Waals surface area (Å²) in [5, 5.41) is 18.4. The molecule has 1 heterocycles. The molecule has 78 valence electrons. The fraction of sp³-hybridized carbons (Fsp3) is 1.00. The number of hydrogen-bond donors (Lipinski definition) is 2. The lowest BCUT2D eigenvalue weighted by Crippen LogP contribution is -2.46. The van der Waals surface area contributed by atoms with Crippen molar-refractivity contribution in [2.24, 2.45) is 5.92 Å². The second-order valence-corrected chi connectivity index (χ2v) is 3.43. The van der Waals surface area contributed by atoms with Gasteiger partial charge >= 0.3 is 0 Å². The molecule has 2 N–H and O–H groups in total. The summed E-state index contributed by atoms with van der Waals surface area (Å²) in [7, 11) is 1.58. The van der Waals surface area contributed by atoms with E-state index >= 15 is 0 Å². The molecule has 0 aromatic rings. The van der Waals surface area contributed by atoms with Crippen molar-refractivity contribution in [1.82, 2.24) is 0 Å². The number of methoxy groups -OCH3 is 1. The molecule has 13 heavy (non-hydrogen) atoms. The molecule has 0 amide bonds. The molecule has 1 saturated heterocycles. The SMILES string of the molecule is CC[C@@H]1C[C@@H](O)[C@@H](CO)O[C@H]1OC. The summed E-state index contributed by atoms with van der Waals surface area (Å²) in [4.78, 5) is 0. The average molecular weight is 190 g/mol. The minimum atomic E-state index is -0.568. The van der Waals surface area contributed by atoms with Crippen molar-refractivity contribution in [3.05, 3.63) is 0 Å². The maximum Gasteiger partial charge on any atom is 0.160 e. The Morgan fingerprint density at radius 2 is 2.23 bits per heavy atom. The molecule has 0 unspecified atom stereocenters. The molecule has 0 aliphatic carbocycles. The Bertz CT molecular complexity index is 151. The Kier molecular flexibility index (Phi) is 4.12. The van der Waals surface area contributed by atoms with Crippen molar-refractivity contribution >= 4 is 0 Å². The summed E-state index contributed by atoms with van der Waals surface area (Å²) in [5.74, 6) is 0.225. The predicted octanol–water partition coefficient (Wildman–Crippen LogP) is 0.127. The third-order valence-electron chi connectivity index (χ3n) is 2.60. The number of aliphatic hydroxyl groups is 2. The van der Waals surface area contributed by atoms with Crippen LogP contribution in [0.15, 0.2) is 0 Å². The van der Waals surface area contributed by atoms with Gasteiger partial charge < -0.3 is 19.7 Å². The van der Waals surface area contributed by atoms with E-state index in [2.05, 4.69) is 0 Å². The van der Waals surface area contributed by atoms with Crippen LogP contribution in [0.4, 0.5) is 0 Å². The van der Waals surface area contributed by atoms with Gasteiger partial charge in [0.25, 0.3) is 0 Å². The number of hydrogen-bond acceptors (Lipinski definition) is 4. The van der Waals surface area contributed by atoms with Crippen molar-refractivity contribution in [2.45, 2.75) is 38.3 Å². The zero-order valence-corrected chi connectivity index (χ0v) is 8.14. The lowest BCUT2D eigenvalue weighted by atomic mass is 9.92. The fourth-order valence-corrected chi connectivity index (χ4v) is 1.72. The molecule has 0 aromatic carbocycles. The van der Waals surface area contributed by atoms with Gasteiger partial charge in [0, 0.05) is 13.0 Å². The van der Waals surface area contributed by atoms with Crippen molar-refractivity contribution in [2.75, 3.05) is 13.7 Å². The Balaban J connectivity index is 2.54. The van der Waals surface area contributed by atoms with E-state index in [0.29, 0.717) is 6.42 Å². The molecule has 0 spiro atoms. The summed E-state index contributed by atoms with van der Waals surface area (Å²) in [6.07, 6.45) is 0.202. The third kappa shape index (κ3) is 2.40. The molecule has 4 atom stereocenters. The highest BCUT2D eigenvalue weighted by molar-refractivity contribution is 4.80. The second kappa shape index (κ2) is 4.91. The summed E-state index contributed by atoms with van der Waals surface area (Å²) >= 11 is 0. The minimum absolute atomic E-state index is 0.155. The molecule has 1 rings (SSSR count). The third-order valence-corrected chi connectivity index (χ3v) is 2.60. The van der Waals surface area contributed by atoms with E-state index in [1.807, 2.05) is 6.92 Å². The van der Waals surface area contributed by atoms with Gasteiger partial charge in [-0.3, -0.25) is 0 Å².